The normalized spacial score (nSPS) is 43.2. The molecule has 0 radical (unpaired) electrons. The van der Waals surface area contributed by atoms with Crippen LogP contribution in [0.15, 0.2) is 33.9 Å². The molecule has 0 nitrogen and oxygen atoms in total. The van der Waals surface area contributed by atoms with Gasteiger partial charge in [0.2, 0.25) is 0 Å². The monoisotopic (exact) mass is 577 g/mol. The zero-order valence-electron chi connectivity index (χ0n) is 31.2. The maximum atomic E-state index is 2.87. The van der Waals surface area contributed by atoms with E-state index in [1.165, 1.54) is 12.8 Å². The fraction of sp³-hybridized carbons (Fsp3) is 0.857. The highest BCUT2D eigenvalue weighted by Crippen LogP contribution is 2.61. The molecule has 4 rings (SSSR count). The number of allylic oxidation sites excluding steroid dienone is 6. The van der Waals surface area contributed by atoms with Gasteiger partial charge in [-0.25, -0.2) is 0 Å². The minimum Gasteiger partial charge on any atom is -0.0811 e. The Balaban J connectivity index is 1.62. The second kappa shape index (κ2) is 12.2. The molecule has 0 amide bonds. The van der Waals surface area contributed by atoms with Gasteiger partial charge < -0.3 is 0 Å². The minimum atomic E-state index is 0.401. The van der Waals surface area contributed by atoms with Crippen molar-refractivity contribution in [2.45, 2.75) is 131 Å². The van der Waals surface area contributed by atoms with Crippen LogP contribution in [0.5, 0.6) is 0 Å². The van der Waals surface area contributed by atoms with Crippen molar-refractivity contribution in [1.82, 2.24) is 0 Å². The van der Waals surface area contributed by atoms with Gasteiger partial charge in [0.05, 0.1) is 0 Å². The van der Waals surface area contributed by atoms with Crippen LogP contribution in [-0.2, 0) is 0 Å². The SMILES string of the molecule is CC1=C(C)C(C2C(C)C(C)C3C=C(C(C)C(C)C4CC(C)C(C)C(CC(C)(C)C)C4C(C)C)C(C)C3C2C)C(C)=C1C. The van der Waals surface area contributed by atoms with E-state index in [-0.39, 0.29) is 0 Å². The summed E-state index contributed by atoms with van der Waals surface area (Å²) in [4.78, 5) is 0. The Bertz CT molecular complexity index is 1050. The summed E-state index contributed by atoms with van der Waals surface area (Å²) in [6.07, 6.45) is 5.67. The van der Waals surface area contributed by atoms with Crippen molar-refractivity contribution in [3.05, 3.63) is 33.9 Å². The van der Waals surface area contributed by atoms with E-state index in [9.17, 15) is 0 Å². The van der Waals surface area contributed by atoms with Crippen LogP contribution >= 0.6 is 0 Å². The van der Waals surface area contributed by atoms with Crippen LogP contribution < -0.4 is 0 Å². The highest BCUT2D eigenvalue weighted by Gasteiger charge is 2.54. The third-order valence-electron chi connectivity index (χ3n) is 15.1. The van der Waals surface area contributed by atoms with Crippen LogP contribution in [0, 0.1) is 100 Å². The van der Waals surface area contributed by atoms with Crippen LogP contribution in [0.2, 0.25) is 0 Å². The van der Waals surface area contributed by atoms with Crippen molar-refractivity contribution < 1.29 is 0 Å². The lowest BCUT2D eigenvalue weighted by atomic mass is 9.52. The molecule has 14 atom stereocenters. The summed E-state index contributed by atoms with van der Waals surface area (Å²) in [5.41, 5.74) is 8.73. The largest absolute Gasteiger partial charge is 0.0811 e. The minimum absolute atomic E-state index is 0.401. The van der Waals surface area contributed by atoms with Gasteiger partial charge in [0.15, 0.2) is 0 Å². The molecule has 42 heavy (non-hydrogen) atoms. The van der Waals surface area contributed by atoms with Crippen LogP contribution in [0.3, 0.4) is 0 Å². The maximum Gasteiger partial charge on any atom is 0.00466 e. The molecular weight excluding hydrogens is 504 g/mol. The second-order valence-corrected chi connectivity index (χ2v) is 18.5. The van der Waals surface area contributed by atoms with Crippen molar-refractivity contribution in [2.24, 2.45) is 100 Å². The lowest BCUT2D eigenvalue weighted by molar-refractivity contribution is -0.0284. The van der Waals surface area contributed by atoms with Gasteiger partial charge in [-0.15, -0.1) is 0 Å². The summed E-state index contributed by atoms with van der Waals surface area (Å²) >= 11 is 0. The number of rotatable bonds is 6. The standard InChI is InChI=1S/C42H72/c1-21(2)38-35(18-22(3)23(4)37(38)20-42(15,16)17)27(8)26(7)34-19-36-28(9)31(12)41(33(14)39(36)32(34)13)40-29(10)24(5)25(6)30(40)11/h19,21-23,26-28,31-33,35-41H,18,20H2,1-17H3. The van der Waals surface area contributed by atoms with Crippen LogP contribution in [0.25, 0.3) is 0 Å². The first-order valence-electron chi connectivity index (χ1n) is 18.4. The number of fused-ring (bicyclic) bond motifs is 1. The molecule has 14 unspecified atom stereocenters. The van der Waals surface area contributed by atoms with Crippen molar-refractivity contribution in [3.8, 4) is 0 Å². The van der Waals surface area contributed by atoms with Crippen molar-refractivity contribution in [2.75, 3.05) is 0 Å². The number of hydrogen-bond donors (Lipinski definition) is 0. The van der Waals surface area contributed by atoms with Gasteiger partial charge in [-0.2, -0.15) is 0 Å². The first-order chi connectivity index (χ1) is 19.3. The molecular formula is C42H72. The van der Waals surface area contributed by atoms with E-state index in [2.05, 4.69) is 124 Å². The van der Waals surface area contributed by atoms with Gasteiger partial charge in [-0.05, 0) is 146 Å². The van der Waals surface area contributed by atoms with Crippen molar-refractivity contribution in [1.29, 1.82) is 0 Å². The molecule has 0 aromatic carbocycles. The molecule has 0 heteroatoms. The summed E-state index contributed by atoms with van der Waals surface area (Å²) in [6.45, 7) is 43.2. The average molecular weight is 577 g/mol. The Kier molecular flexibility index (Phi) is 9.90. The molecule has 2 fully saturated rings. The molecule has 0 N–H and O–H groups in total. The molecule has 0 aliphatic heterocycles. The predicted octanol–water partition coefficient (Wildman–Crippen LogP) is 12.5. The predicted molar refractivity (Wildman–Crippen MR) is 186 cm³/mol. The van der Waals surface area contributed by atoms with E-state index in [1.54, 1.807) is 22.3 Å². The van der Waals surface area contributed by atoms with Gasteiger partial charge >= 0.3 is 0 Å². The van der Waals surface area contributed by atoms with E-state index < -0.39 is 0 Å². The lowest BCUT2D eigenvalue weighted by Crippen LogP contribution is -2.46. The maximum absolute atomic E-state index is 2.87. The summed E-state index contributed by atoms with van der Waals surface area (Å²) in [7, 11) is 0. The Labute approximate surface area is 264 Å². The molecule has 0 heterocycles. The second-order valence-electron chi connectivity index (χ2n) is 18.5. The number of hydrogen-bond acceptors (Lipinski definition) is 0. The Morgan fingerprint density at radius 3 is 1.79 bits per heavy atom. The highest BCUT2D eigenvalue weighted by atomic mass is 14.6. The zero-order chi connectivity index (χ0) is 31.7. The molecule has 0 spiro atoms. The molecule has 0 aromatic rings. The topological polar surface area (TPSA) is 0 Å². The summed E-state index contributed by atoms with van der Waals surface area (Å²) in [5.74, 6) is 12.3. The first-order valence-corrected chi connectivity index (χ1v) is 18.4. The van der Waals surface area contributed by atoms with E-state index in [4.69, 9.17) is 0 Å². The first kappa shape index (κ1) is 34.1. The van der Waals surface area contributed by atoms with E-state index in [0.717, 1.165) is 76.9 Å². The Morgan fingerprint density at radius 1 is 0.738 bits per heavy atom. The molecule has 2 saturated carbocycles. The summed E-state index contributed by atoms with van der Waals surface area (Å²) < 4.78 is 0. The van der Waals surface area contributed by atoms with Crippen LogP contribution in [0.1, 0.15) is 131 Å². The third kappa shape index (κ3) is 5.70. The summed E-state index contributed by atoms with van der Waals surface area (Å²) in [6, 6.07) is 0. The third-order valence-corrected chi connectivity index (χ3v) is 15.1. The molecule has 0 saturated heterocycles. The quantitative estimate of drug-likeness (QED) is 0.276. The average Bonchev–Trinajstić information content (AvgIpc) is 3.33. The van der Waals surface area contributed by atoms with Crippen LogP contribution in [-0.4, -0.2) is 0 Å². The van der Waals surface area contributed by atoms with Gasteiger partial charge in [0.1, 0.15) is 0 Å². The van der Waals surface area contributed by atoms with E-state index in [0.29, 0.717) is 23.2 Å². The van der Waals surface area contributed by atoms with Gasteiger partial charge in [0.25, 0.3) is 0 Å². The van der Waals surface area contributed by atoms with E-state index in [1.807, 2.05) is 5.57 Å². The van der Waals surface area contributed by atoms with Gasteiger partial charge in [-0.3, -0.25) is 0 Å². The lowest BCUT2D eigenvalue weighted by Gasteiger charge is -2.52. The van der Waals surface area contributed by atoms with E-state index >= 15 is 0 Å². The Hall–Kier alpha value is -0.780. The molecule has 240 valence electrons. The molecule has 4 aliphatic rings. The smallest absolute Gasteiger partial charge is 0.00466 e. The van der Waals surface area contributed by atoms with Gasteiger partial charge in [-0.1, -0.05) is 113 Å². The Morgan fingerprint density at radius 2 is 1.29 bits per heavy atom. The van der Waals surface area contributed by atoms with Crippen LogP contribution in [0.4, 0.5) is 0 Å². The highest BCUT2D eigenvalue weighted by molar-refractivity contribution is 5.47. The summed E-state index contributed by atoms with van der Waals surface area (Å²) in [5, 5.41) is 0. The zero-order valence-corrected chi connectivity index (χ0v) is 31.2. The van der Waals surface area contributed by atoms with Gasteiger partial charge in [0, 0.05) is 5.92 Å². The fourth-order valence-corrected chi connectivity index (χ4v) is 12.1. The molecule has 0 bridgehead atoms. The van der Waals surface area contributed by atoms with Crippen molar-refractivity contribution >= 4 is 0 Å². The molecule has 4 aliphatic carbocycles. The molecule has 0 aromatic heterocycles. The fourth-order valence-electron chi connectivity index (χ4n) is 12.1. The van der Waals surface area contributed by atoms with Crippen molar-refractivity contribution in [3.63, 3.8) is 0 Å².